The molecular formula is C33H64ClNO14S3. The highest BCUT2D eigenvalue weighted by atomic mass is 35.5. The van der Waals surface area contributed by atoms with Crippen LogP contribution in [0.15, 0.2) is 0 Å². The van der Waals surface area contributed by atoms with Gasteiger partial charge in [0.05, 0.1) is 75.3 Å². The molecule has 0 spiro atoms. The molecule has 3 aliphatic heterocycles. The lowest BCUT2D eigenvalue weighted by atomic mass is 9.95. The molecule has 0 aliphatic carbocycles. The van der Waals surface area contributed by atoms with E-state index in [-0.39, 0.29) is 78.6 Å². The first-order chi connectivity index (χ1) is 23.1. The lowest BCUT2D eigenvalue weighted by Gasteiger charge is -2.29. The van der Waals surface area contributed by atoms with Crippen LogP contribution >= 0.6 is 12.4 Å². The molecule has 0 aromatic rings. The van der Waals surface area contributed by atoms with Crippen molar-refractivity contribution >= 4 is 54.1 Å². The second-order valence-electron chi connectivity index (χ2n) is 15.8. The summed E-state index contributed by atoms with van der Waals surface area (Å²) in [6.45, 7) is 12.4. The van der Waals surface area contributed by atoms with Gasteiger partial charge >= 0.3 is 11.9 Å². The summed E-state index contributed by atoms with van der Waals surface area (Å²) in [4.78, 5) is 23.3. The van der Waals surface area contributed by atoms with Crippen molar-refractivity contribution in [2.24, 2.45) is 17.6 Å². The average Bonchev–Trinajstić information content (AvgIpc) is 2.92. The van der Waals surface area contributed by atoms with Gasteiger partial charge in [0.25, 0.3) is 10.1 Å². The van der Waals surface area contributed by atoms with Gasteiger partial charge in [0, 0.05) is 18.6 Å². The van der Waals surface area contributed by atoms with Crippen molar-refractivity contribution in [2.45, 2.75) is 128 Å². The normalized spacial score (nSPS) is 25.9. The smallest absolute Gasteiger partial charge is 0.306 e. The molecule has 0 bridgehead atoms. The number of halogens is 1. The molecule has 3 fully saturated rings. The standard InChI is InChI=1S/C13H24O6S.C13H24O5S.C7H15NO3S.ClH/c1-13(2,3)19-12(14)7-10-5-6-11(17-8-10)9-18-20(4,15)16;1-13(2,3)18-12(14)7-10-5-6-11(17-8-10)9-19(4,15)16;1-12(9,10)5-7-3-2-6(8)4-11-7;/h10-11H,5-9H2,1-4H3;10-11H,5-9H2,1-4H3;6-7H,2-5,8H2,1H3;1H/t2*10-,11-;6-,7+;/m001./s1. The third kappa shape index (κ3) is 28.3. The number of carbonyl (C=O) groups excluding carboxylic acids is 2. The quantitative estimate of drug-likeness (QED) is 0.234. The molecule has 0 aromatic heterocycles. The molecule has 3 heterocycles. The van der Waals surface area contributed by atoms with Crippen molar-refractivity contribution in [1.29, 1.82) is 0 Å². The van der Waals surface area contributed by atoms with Crippen molar-refractivity contribution in [3.8, 4) is 0 Å². The molecule has 52 heavy (non-hydrogen) atoms. The third-order valence-corrected chi connectivity index (χ3v) is 10.0. The van der Waals surface area contributed by atoms with E-state index in [4.69, 9.17) is 33.6 Å². The maximum absolute atomic E-state index is 11.7. The van der Waals surface area contributed by atoms with Crippen LogP contribution in [0, 0.1) is 11.8 Å². The summed E-state index contributed by atoms with van der Waals surface area (Å²) in [5.74, 6) is -0.00381. The summed E-state index contributed by atoms with van der Waals surface area (Å²) in [6.07, 6.45) is 8.12. The Morgan fingerprint density at radius 3 is 1.27 bits per heavy atom. The summed E-state index contributed by atoms with van der Waals surface area (Å²) in [6, 6.07) is 0.0841. The van der Waals surface area contributed by atoms with Gasteiger partial charge in [-0.2, -0.15) is 8.42 Å². The van der Waals surface area contributed by atoms with Crippen molar-refractivity contribution in [2.75, 3.05) is 56.7 Å². The molecule has 3 saturated heterocycles. The van der Waals surface area contributed by atoms with E-state index in [1.165, 1.54) is 12.5 Å². The van der Waals surface area contributed by atoms with Gasteiger partial charge in [-0.25, -0.2) is 16.8 Å². The second kappa shape index (κ2) is 22.4. The van der Waals surface area contributed by atoms with Crippen molar-refractivity contribution < 1.29 is 62.7 Å². The molecular weight excluding hydrogens is 766 g/mol. The highest BCUT2D eigenvalue weighted by Gasteiger charge is 2.29. The van der Waals surface area contributed by atoms with Crippen LogP contribution in [-0.4, -0.2) is 129 Å². The van der Waals surface area contributed by atoms with E-state index in [2.05, 4.69) is 0 Å². The maximum atomic E-state index is 11.7. The first-order valence-corrected chi connectivity index (χ1v) is 23.2. The van der Waals surface area contributed by atoms with Crippen LogP contribution in [0.25, 0.3) is 0 Å². The molecule has 0 radical (unpaired) electrons. The Labute approximate surface area is 318 Å². The number of esters is 2. The van der Waals surface area contributed by atoms with Gasteiger partial charge in [-0.1, -0.05) is 0 Å². The van der Waals surface area contributed by atoms with Crippen molar-refractivity contribution in [3.05, 3.63) is 0 Å². The first kappa shape index (κ1) is 50.9. The molecule has 19 heteroatoms. The minimum absolute atomic E-state index is 0. The third-order valence-electron chi connectivity index (χ3n) is 7.53. The molecule has 2 N–H and O–H groups in total. The number of hydrogen-bond donors (Lipinski definition) is 1. The number of sulfone groups is 2. The zero-order valence-corrected chi connectivity index (χ0v) is 35.6. The lowest BCUT2D eigenvalue weighted by molar-refractivity contribution is -0.158. The van der Waals surface area contributed by atoms with Crippen molar-refractivity contribution in [3.63, 3.8) is 0 Å². The van der Waals surface area contributed by atoms with E-state index in [0.29, 0.717) is 45.5 Å². The lowest BCUT2D eigenvalue weighted by Crippen LogP contribution is -2.38. The average molecular weight is 831 g/mol. The summed E-state index contributed by atoms with van der Waals surface area (Å²) in [5, 5.41) is 0. The largest absolute Gasteiger partial charge is 0.460 e. The fourth-order valence-corrected chi connectivity index (χ4v) is 7.65. The molecule has 0 saturated carbocycles. The van der Waals surface area contributed by atoms with Crippen LogP contribution in [0.5, 0.6) is 0 Å². The van der Waals surface area contributed by atoms with E-state index < -0.39 is 41.0 Å². The molecule has 0 unspecified atom stereocenters. The van der Waals surface area contributed by atoms with Crippen LogP contribution in [0.4, 0.5) is 0 Å². The predicted octanol–water partition coefficient (Wildman–Crippen LogP) is 3.01. The summed E-state index contributed by atoms with van der Waals surface area (Å²) < 4.78 is 97.3. The summed E-state index contributed by atoms with van der Waals surface area (Å²) in [7, 11) is -9.34. The van der Waals surface area contributed by atoms with Crippen LogP contribution in [0.3, 0.4) is 0 Å². The zero-order valence-electron chi connectivity index (χ0n) is 32.3. The fraction of sp³-hybridized carbons (Fsp3) is 0.939. The van der Waals surface area contributed by atoms with E-state index in [1.54, 1.807) is 0 Å². The van der Waals surface area contributed by atoms with Crippen LogP contribution in [0.2, 0.25) is 0 Å². The number of ether oxygens (including phenoxy) is 5. The number of hydrogen-bond acceptors (Lipinski definition) is 15. The van der Waals surface area contributed by atoms with Gasteiger partial charge in [-0.05, 0) is 91.9 Å². The fourth-order valence-electron chi connectivity index (χ4n) is 5.38. The Morgan fingerprint density at radius 1 is 0.615 bits per heavy atom. The minimum Gasteiger partial charge on any atom is -0.460 e. The highest BCUT2D eigenvalue weighted by Crippen LogP contribution is 2.25. The monoisotopic (exact) mass is 829 g/mol. The Morgan fingerprint density at radius 2 is 0.981 bits per heavy atom. The van der Waals surface area contributed by atoms with E-state index in [9.17, 15) is 34.8 Å². The topological polar surface area (TPSA) is 218 Å². The van der Waals surface area contributed by atoms with Crippen LogP contribution in [0.1, 0.15) is 92.9 Å². The molecule has 3 rings (SSSR count). The molecule has 310 valence electrons. The molecule has 15 nitrogen and oxygen atoms in total. The Kier molecular flexibility index (Phi) is 22.0. The molecule has 6 atom stereocenters. The number of carbonyl (C=O) groups is 2. The molecule has 3 aliphatic rings. The summed E-state index contributed by atoms with van der Waals surface area (Å²) >= 11 is 0. The van der Waals surface area contributed by atoms with Crippen molar-refractivity contribution in [1.82, 2.24) is 0 Å². The van der Waals surface area contributed by atoms with E-state index in [0.717, 1.165) is 31.9 Å². The first-order valence-electron chi connectivity index (χ1n) is 17.3. The maximum Gasteiger partial charge on any atom is 0.306 e. The molecule has 0 aromatic carbocycles. The SMILES string of the molecule is CC(C)(C)OC(=O)C[C@@H]1CC[C@@H](COS(C)(=O)=O)OC1.CC(C)(C)OC(=O)C[C@@H]1CC[C@@H](CS(C)(=O)=O)OC1.CS(=O)(=O)C[C@@H]1CC[C@@H](N)CO1.Cl. The number of rotatable bonds is 11. The van der Waals surface area contributed by atoms with Gasteiger partial charge in [0.2, 0.25) is 0 Å². The minimum atomic E-state index is -3.43. The van der Waals surface area contributed by atoms with Gasteiger partial charge in [0.15, 0.2) is 0 Å². The van der Waals surface area contributed by atoms with Crippen LogP contribution in [-0.2, 0) is 67.2 Å². The summed E-state index contributed by atoms with van der Waals surface area (Å²) in [5.41, 5.74) is 4.65. The van der Waals surface area contributed by atoms with Crippen LogP contribution < -0.4 is 5.73 Å². The Hall–Kier alpha value is -1.12. The predicted molar refractivity (Wildman–Crippen MR) is 200 cm³/mol. The Balaban J connectivity index is 0.000000765. The Bertz CT molecular complexity index is 1390. The second-order valence-corrected chi connectivity index (χ2v) is 21.9. The van der Waals surface area contributed by atoms with Gasteiger partial charge in [0.1, 0.15) is 30.9 Å². The molecule has 0 amide bonds. The van der Waals surface area contributed by atoms with E-state index in [1.807, 2.05) is 41.5 Å². The van der Waals surface area contributed by atoms with Gasteiger partial charge in [-0.3, -0.25) is 13.8 Å². The van der Waals surface area contributed by atoms with Gasteiger partial charge in [-0.15, -0.1) is 12.4 Å². The highest BCUT2D eigenvalue weighted by molar-refractivity contribution is 7.91. The zero-order chi connectivity index (χ0) is 39.3. The number of nitrogens with two attached hydrogens (primary N) is 1. The van der Waals surface area contributed by atoms with E-state index >= 15 is 0 Å². The van der Waals surface area contributed by atoms with Gasteiger partial charge < -0.3 is 29.4 Å².